The standard InChI is InChI=1S/C17H22N2O3S/c1-3-15(20)18-9-7-17(8-10-18)19(16(21)12-23-17)13-5-4-6-14(11-13)22-2/h4-6,11H,3,7-10,12H2,1-2H3. The molecule has 0 aliphatic carbocycles. The predicted molar refractivity (Wildman–Crippen MR) is 91.8 cm³/mol. The lowest BCUT2D eigenvalue weighted by atomic mass is 10.0. The average molecular weight is 334 g/mol. The highest BCUT2D eigenvalue weighted by Crippen LogP contribution is 2.47. The number of thioether (sulfide) groups is 1. The molecule has 2 heterocycles. The zero-order valence-electron chi connectivity index (χ0n) is 13.6. The van der Waals surface area contributed by atoms with Crippen LogP contribution in [-0.4, -0.2) is 47.5 Å². The van der Waals surface area contributed by atoms with Gasteiger partial charge in [-0.25, -0.2) is 0 Å². The molecule has 2 fully saturated rings. The monoisotopic (exact) mass is 334 g/mol. The predicted octanol–water partition coefficient (Wildman–Crippen LogP) is 2.50. The molecular weight excluding hydrogens is 312 g/mol. The van der Waals surface area contributed by atoms with E-state index in [9.17, 15) is 9.59 Å². The van der Waals surface area contributed by atoms with Crippen LogP contribution in [0.5, 0.6) is 5.75 Å². The van der Waals surface area contributed by atoms with E-state index in [1.165, 1.54) is 0 Å². The normalized spacial score (nSPS) is 20.2. The Hall–Kier alpha value is -1.69. The van der Waals surface area contributed by atoms with Crippen molar-refractivity contribution >= 4 is 29.3 Å². The van der Waals surface area contributed by atoms with Gasteiger partial charge in [0.25, 0.3) is 0 Å². The molecule has 0 atom stereocenters. The van der Waals surface area contributed by atoms with Crippen LogP contribution in [0, 0.1) is 0 Å². The Morgan fingerprint density at radius 1 is 1.35 bits per heavy atom. The summed E-state index contributed by atoms with van der Waals surface area (Å²) in [6.07, 6.45) is 2.16. The summed E-state index contributed by atoms with van der Waals surface area (Å²) in [6, 6.07) is 7.66. The fraction of sp³-hybridized carbons (Fsp3) is 0.529. The number of carbonyl (C=O) groups is 2. The smallest absolute Gasteiger partial charge is 0.238 e. The molecule has 0 aromatic heterocycles. The van der Waals surface area contributed by atoms with Crippen molar-refractivity contribution < 1.29 is 14.3 Å². The summed E-state index contributed by atoms with van der Waals surface area (Å²) in [4.78, 5) is 28.0. The molecule has 1 aromatic carbocycles. The summed E-state index contributed by atoms with van der Waals surface area (Å²) in [5, 5.41) is 0. The molecule has 2 aliphatic heterocycles. The van der Waals surface area contributed by atoms with E-state index in [0.29, 0.717) is 25.3 Å². The molecule has 0 N–H and O–H groups in total. The molecular formula is C17H22N2O3S. The number of amides is 2. The van der Waals surface area contributed by atoms with Gasteiger partial charge in [-0.15, -0.1) is 11.8 Å². The summed E-state index contributed by atoms with van der Waals surface area (Å²) in [5.74, 6) is 1.58. The zero-order chi connectivity index (χ0) is 16.4. The number of rotatable bonds is 3. The van der Waals surface area contributed by atoms with Crippen LogP contribution in [0.4, 0.5) is 5.69 Å². The lowest BCUT2D eigenvalue weighted by molar-refractivity contribution is -0.132. The van der Waals surface area contributed by atoms with Crippen molar-refractivity contribution in [2.45, 2.75) is 31.1 Å². The Morgan fingerprint density at radius 3 is 2.74 bits per heavy atom. The molecule has 5 nitrogen and oxygen atoms in total. The van der Waals surface area contributed by atoms with Crippen molar-refractivity contribution in [2.75, 3.05) is 30.9 Å². The Kier molecular flexibility index (Phi) is 4.53. The third-order valence-corrected chi connectivity index (χ3v) is 6.15. The van der Waals surface area contributed by atoms with Gasteiger partial charge >= 0.3 is 0 Å². The minimum absolute atomic E-state index is 0.138. The van der Waals surface area contributed by atoms with Gasteiger partial charge in [0, 0.05) is 31.3 Å². The maximum atomic E-state index is 12.5. The van der Waals surface area contributed by atoms with Gasteiger partial charge in [0.2, 0.25) is 11.8 Å². The van der Waals surface area contributed by atoms with Crippen molar-refractivity contribution in [3.05, 3.63) is 24.3 Å². The number of hydrogen-bond acceptors (Lipinski definition) is 4. The lowest BCUT2D eigenvalue weighted by Crippen LogP contribution is -2.53. The van der Waals surface area contributed by atoms with Crippen molar-refractivity contribution in [1.82, 2.24) is 4.90 Å². The molecule has 0 unspecified atom stereocenters. The molecule has 3 rings (SSSR count). The zero-order valence-corrected chi connectivity index (χ0v) is 14.4. The highest BCUT2D eigenvalue weighted by atomic mass is 32.2. The van der Waals surface area contributed by atoms with Crippen LogP contribution in [0.1, 0.15) is 26.2 Å². The molecule has 2 aliphatic rings. The van der Waals surface area contributed by atoms with E-state index in [0.717, 1.165) is 24.3 Å². The van der Waals surface area contributed by atoms with E-state index < -0.39 is 0 Å². The Balaban J connectivity index is 1.84. The number of ether oxygens (including phenoxy) is 1. The molecule has 0 saturated carbocycles. The van der Waals surface area contributed by atoms with E-state index in [1.807, 2.05) is 41.0 Å². The molecule has 2 saturated heterocycles. The molecule has 1 spiro atoms. The quantitative estimate of drug-likeness (QED) is 0.852. The number of piperidine rings is 1. The molecule has 0 bridgehead atoms. The minimum atomic E-state index is -0.228. The second-order valence-electron chi connectivity index (χ2n) is 5.90. The van der Waals surface area contributed by atoms with Gasteiger partial charge < -0.3 is 9.64 Å². The van der Waals surface area contributed by atoms with Crippen LogP contribution in [0.15, 0.2) is 24.3 Å². The van der Waals surface area contributed by atoms with E-state index in [-0.39, 0.29) is 16.7 Å². The van der Waals surface area contributed by atoms with Crippen LogP contribution >= 0.6 is 11.8 Å². The van der Waals surface area contributed by atoms with Gasteiger partial charge in [0.05, 0.1) is 17.7 Å². The SMILES string of the molecule is CCC(=O)N1CCC2(CC1)SCC(=O)N2c1cccc(OC)c1. The van der Waals surface area contributed by atoms with Crippen LogP contribution in [0.2, 0.25) is 0 Å². The molecule has 0 radical (unpaired) electrons. The first-order chi connectivity index (χ1) is 11.1. The molecule has 124 valence electrons. The molecule has 1 aromatic rings. The first-order valence-corrected chi connectivity index (χ1v) is 8.97. The summed E-state index contributed by atoms with van der Waals surface area (Å²) >= 11 is 1.71. The Morgan fingerprint density at radius 2 is 2.09 bits per heavy atom. The van der Waals surface area contributed by atoms with Gasteiger partial charge in [-0.3, -0.25) is 14.5 Å². The van der Waals surface area contributed by atoms with E-state index in [2.05, 4.69) is 0 Å². The summed E-state index contributed by atoms with van der Waals surface area (Å²) in [6.45, 7) is 3.32. The topological polar surface area (TPSA) is 49.9 Å². The van der Waals surface area contributed by atoms with Crippen molar-refractivity contribution in [3.8, 4) is 5.75 Å². The summed E-state index contributed by atoms with van der Waals surface area (Å²) < 4.78 is 5.29. The van der Waals surface area contributed by atoms with Crippen LogP contribution < -0.4 is 9.64 Å². The summed E-state index contributed by atoms with van der Waals surface area (Å²) in [5.41, 5.74) is 0.884. The molecule has 23 heavy (non-hydrogen) atoms. The van der Waals surface area contributed by atoms with Gasteiger partial charge in [-0.2, -0.15) is 0 Å². The maximum absolute atomic E-state index is 12.5. The highest BCUT2D eigenvalue weighted by molar-refractivity contribution is 8.02. The van der Waals surface area contributed by atoms with Crippen molar-refractivity contribution in [1.29, 1.82) is 0 Å². The first kappa shape index (κ1) is 16.2. The van der Waals surface area contributed by atoms with Gasteiger partial charge in [0.15, 0.2) is 0 Å². The first-order valence-electron chi connectivity index (χ1n) is 7.98. The number of benzene rings is 1. The van der Waals surface area contributed by atoms with Gasteiger partial charge in [-0.05, 0) is 25.0 Å². The van der Waals surface area contributed by atoms with Crippen LogP contribution in [0.3, 0.4) is 0 Å². The summed E-state index contributed by atoms with van der Waals surface area (Å²) in [7, 11) is 1.63. The van der Waals surface area contributed by atoms with E-state index in [1.54, 1.807) is 18.9 Å². The fourth-order valence-electron chi connectivity index (χ4n) is 3.38. The van der Waals surface area contributed by atoms with E-state index >= 15 is 0 Å². The van der Waals surface area contributed by atoms with Crippen LogP contribution in [0.25, 0.3) is 0 Å². The van der Waals surface area contributed by atoms with Crippen LogP contribution in [-0.2, 0) is 9.59 Å². The molecule has 2 amide bonds. The largest absolute Gasteiger partial charge is 0.497 e. The maximum Gasteiger partial charge on any atom is 0.238 e. The lowest BCUT2D eigenvalue weighted by Gasteiger charge is -2.44. The second kappa shape index (κ2) is 6.43. The number of carbonyl (C=O) groups excluding carboxylic acids is 2. The number of likely N-dealkylation sites (tertiary alicyclic amines) is 1. The third kappa shape index (κ3) is 2.92. The van der Waals surface area contributed by atoms with Crippen molar-refractivity contribution in [2.24, 2.45) is 0 Å². The average Bonchev–Trinajstić information content (AvgIpc) is 2.91. The van der Waals surface area contributed by atoms with E-state index in [4.69, 9.17) is 4.74 Å². The second-order valence-corrected chi connectivity index (χ2v) is 7.24. The van der Waals surface area contributed by atoms with Gasteiger partial charge in [-0.1, -0.05) is 13.0 Å². The highest BCUT2D eigenvalue weighted by Gasteiger charge is 2.49. The van der Waals surface area contributed by atoms with Crippen molar-refractivity contribution in [3.63, 3.8) is 0 Å². The number of hydrogen-bond donors (Lipinski definition) is 0. The fourth-order valence-corrected chi connectivity index (χ4v) is 4.71. The minimum Gasteiger partial charge on any atom is -0.497 e. The Labute approximate surface area is 141 Å². The number of methoxy groups -OCH3 is 1. The third-order valence-electron chi connectivity index (χ3n) is 4.63. The number of anilines is 1. The number of nitrogens with zero attached hydrogens (tertiary/aromatic N) is 2. The molecule has 6 heteroatoms. The Bertz CT molecular complexity index is 612. The van der Waals surface area contributed by atoms with Gasteiger partial charge in [0.1, 0.15) is 5.75 Å².